The van der Waals surface area contributed by atoms with Gasteiger partial charge in [0.05, 0.1) is 13.0 Å². The Labute approximate surface area is 127 Å². The van der Waals surface area contributed by atoms with Gasteiger partial charge in [0.25, 0.3) is 0 Å². The maximum atomic E-state index is 11.5. The molecule has 6 nitrogen and oxygen atoms in total. The van der Waals surface area contributed by atoms with Gasteiger partial charge in [-0.25, -0.2) is 0 Å². The molecule has 0 saturated carbocycles. The molecule has 1 N–H and O–H groups in total. The van der Waals surface area contributed by atoms with Crippen LogP contribution in [0.15, 0.2) is 4.99 Å². The zero-order valence-electron chi connectivity index (χ0n) is 13.6. The first-order valence-corrected chi connectivity index (χ1v) is 7.84. The molecule has 1 heterocycles. The van der Waals surface area contributed by atoms with Crippen molar-refractivity contribution in [2.75, 3.05) is 47.0 Å². The van der Waals surface area contributed by atoms with Crippen molar-refractivity contribution in [3.05, 3.63) is 0 Å². The van der Waals surface area contributed by atoms with Crippen molar-refractivity contribution in [2.24, 2.45) is 10.9 Å². The van der Waals surface area contributed by atoms with Gasteiger partial charge in [-0.1, -0.05) is 0 Å². The number of unbranched alkanes of at least 4 members (excludes halogenated alkanes) is 1. The lowest BCUT2D eigenvalue weighted by atomic mass is 9.97. The van der Waals surface area contributed by atoms with Crippen molar-refractivity contribution in [1.82, 2.24) is 10.2 Å². The minimum absolute atomic E-state index is 0.0375. The third kappa shape index (κ3) is 6.33. The van der Waals surface area contributed by atoms with Gasteiger partial charge in [0.15, 0.2) is 5.96 Å². The average Bonchev–Trinajstić information content (AvgIpc) is 2.54. The molecule has 6 heteroatoms. The molecular formula is C15H29N3O3. The fourth-order valence-corrected chi connectivity index (χ4v) is 2.50. The van der Waals surface area contributed by atoms with E-state index >= 15 is 0 Å². The van der Waals surface area contributed by atoms with Crippen LogP contribution in [0.5, 0.6) is 0 Å². The third-order valence-corrected chi connectivity index (χ3v) is 3.74. The second kappa shape index (κ2) is 10.4. The van der Waals surface area contributed by atoms with Gasteiger partial charge < -0.3 is 19.7 Å². The van der Waals surface area contributed by atoms with E-state index in [1.54, 1.807) is 7.05 Å². The van der Waals surface area contributed by atoms with Crippen LogP contribution in [0, 0.1) is 5.92 Å². The predicted octanol–water partition coefficient (Wildman–Crippen LogP) is 1.26. The molecule has 0 aromatic rings. The summed E-state index contributed by atoms with van der Waals surface area (Å²) in [4.78, 5) is 18.0. The molecule has 0 amide bonds. The molecule has 0 bridgehead atoms. The second-order valence-corrected chi connectivity index (χ2v) is 5.16. The maximum absolute atomic E-state index is 11.5. The van der Waals surface area contributed by atoms with Crippen molar-refractivity contribution >= 4 is 11.9 Å². The number of esters is 1. The van der Waals surface area contributed by atoms with Gasteiger partial charge in [-0.05, 0) is 32.6 Å². The zero-order valence-corrected chi connectivity index (χ0v) is 13.6. The number of hydrogen-bond donors (Lipinski definition) is 1. The van der Waals surface area contributed by atoms with Crippen LogP contribution < -0.4 is 5.32 Å². The number of carbonyl (C=O) groups excluding carboxylic acids is 1. The molecule has 0 spiro atoms. The molecule has 1 rings (SSSR count). The van der Waals surface area contributed by atoms with E-state index in [1.165, 1.54) is 7.11 Å². The van der Waals surface area contributed by atoms with E-state index in [9.17, 15) is 4.79 Å². The number of rotatable bonds is 7. The lowest BCUT2D eigenvalue weighted by Gasteiger charge is -2.33. The Balaban J connectivity index is 2.23. The first-order valence-electron chi connectivity index (χ1n) is 7.84. The molecule has 1 saturated heterocycles. The van der Waals surface area contributed by atoms with Crippen LogP contribution in [0.25, 0.3) is 0 Å². The number of likely N-dealkylation sites (tertiary alicyclic amines) is 1. The monoisotopic (exact) mass is 299 g/mol. The van der Waals surface area contributed by atoms with E-state index in [0.717, 1.165) is 64.5 Å². The van der Waals surface area contributed by atoms with E-state index in [4.69, 9.17) is 9.47 Å². The minimum Gasteiger partial charge on any atom is -0.469 e. The first-order chi connectivity index (χ1) is 10.2. The minimum atomic E-state index is -0.0893. The van der Waals surface area contributed by atoms with Crippen LogP contribution in [-0.2, 0) is 14.3 Å². The summed E-state index contributed by atoms with van der Waals surface area (Å²) >= 11 is 0. The summed E-state index contributed by atoms with van der Waals surface area (Å²) in [5, 5.41) is 3.38. The quantitative estimate of drug-likeness (QED) is 0.332. The first kappa shape index (κ1) is 17.8. The molecule has 1 aliphatic rings. The van der Waals surface area contributed by atoms with Crippen molar-refractivity contribution in [2.45, 2.75) is 32.6 Å². The van der Waals surface area contributed by atoms with Crippen LogP contribution in [0.1, 0.15) is 32.6 Å². The summed E-state index contributed by atoms with van der Waals surface area (Å²) in [5.41, 5.74) is 0. The number of carbonyl (C=O) groups is 1. The molecular weight excluding hydrogens is 270 g/mol. The smallest absolute Gasteiger partial charge is 0.308 e. The van der Waals surface area contributed by atoms with Crippen LogP contribution in [0.4, 0.5) is 0 Å². The van der Waals surface area contributed by atoms with Gasteiger partial charge in [0.2, 0.25) is 0 Å². The zero-order chi connectivity index (χ0) is 15.5. The molecule has 122 valence electrons. The Kier molecular flexibility index (Phi) is 8.82. The van der Waals surface area contributed by atoms with Gasteiger partial charge in [0.1, 0.15) is 0 Å². The summed E-state index contributed by atoms with van der Waals surface area (Å²) in [6, 6.07) is 0. The molecule has 0 radical (unpaired) electrons. The van der Waals surface area contributed by atoms with Gasteiger partial charge in [-0.15, -0.1) is 0 Å². The standard InChI is InChI=1S/C15H29N3O3/c1-4-21-12-6-5-9-17-15(16-2)18-10-7-13(8-11-18)14(19)20-3/h13H,4-12H2,1-3H3,(H,16,17). The molecule has 0 aliphatic carbocycles. The number of guanidine groups is 1. The van der Waals surface area contributed by atoms with Crippen LogP contribution in [0.3, 0.4) is 0 Å². The Morgan fingerprint density at radius 2 is 2.05 bits per heavy atom. The van der Waals surface area contributed by atoms with Gasteiger partial charge in [-0.3, -0.25) is 9.79 Å². The SMILES string of the molecule is CCOCCCCNC(=NC)N1CCC(C(=O)OC)CC1. The molecule has 0 atom stereocenters. The van der Waals surface area contributed by atoms with Gasteiger partial charge in [-0.2, -0.15) is 0 Å². The molecule has 0 aromatic heterocycles. The van der Waals surface area contributed by atoms with Crippen molar-refractivity contribution in [3.63, 3.8) is 0 Å². The van der Waals surface area contributed by atoms with E-state index in [1.807, 2.05) is 6.92 Å². The highest BCUT2D eigenvalue weighted by molar-refractivity contribution is 5.80. The summed E-state index contributed by atoms with van der Waals surface area (Å²) in [6.07, 6.45) is 3.79. The topological polar surface area (TPSA) is 63.2 Å². The van der Waals surface area contributed by atoms with Crippen molar-refractivity contribution in [3.8, 4) is 0 Å². The number of hydrogen-bond acceptors (Lipinski definition) is 4. The number of methoxy groups -OCH3 is 1. The van der Waals surface area contributed by atoms with E-state index in [0.29, 0.717) is 0 Å². The molecule has 21 heavy (non-hydrogen) atoms. The number of aliphatic imine (C=N–C) groups is 1. The predicted molar refractivity (Wildman–Crippen MR) is 83.4 cm³/mol. The lowest BCUT2D eigenvalue weighted by Crippen LogP contribution is -2.46. The highest BCUT2D eigenvalue weighted by Gasteiger charge is 2.26. The summed E-state index contributed by atoms with van der Waals surface area (Å²) < 4.78 is 10.1. The molecule has 0 aromatic carbocycles. The number of nitrogens with one attached hydrogen (secondary N) is 1. The Bertz CT molecular complexity index is 326. The van der Waals surface area contributed by atoms with Crippen LogP contribution in [-0.4, -0.2) is 63.8 Å². The van der Waals surface area contributed by atoms with Crippen molar-refractivity contribution < 1.29 is 14.3 Å². The van der Waals surface area contributed by atoms with E-state index in [2.05, 4.69) is 15.2 Å². The Hall–Kier alpha value is -1.30. The largest absolute Gasteiger partial charge is 0.469 e. The highest BCUT2D eigenvalue weighted by atomic mass is 16.5. The van der Waals surface area contributed by atoms with Crippen LogP contribution >= 0.6 is 0 Å². The Morgan fingerprint density at radius 3 is 2.62 bits per heavy atom. The second-order valence-electron chi connectivity index (χ2n) is 5.16. The number of nitrogens with zero attached hydrogens (tertiary/aromatic N) is 2. The van der Waals surface area contributed by atoms with Crippen molar-refractivity contribution in [1.29, 1.82) is 0 Å². The number of ether oxygens (including phenoxy) is 2. The fraction of sp³-hybridized carbons (Fsp3) is 0.867. The number of piperidine rings is 1. The third-order valence-electron chi connectivity index (χ3n) is 3.74. The summed E-state index contributed by atoms with van der Waals surface area (Å²) in [5.74, 6) is 0.874. The van der Waals surface area contributed by atoms with Crippen LogP contribution in [0.2, 0.25) is 0 Å². The fourth-order valence-electron chi connectivity index (χ4n) is 2.50. The normalized spacial score (nSPS) is 16.9. The summed E-state index contributed by atoms with van der Waals surface area (Å²) in [7, 11) is 3.26. The van der Waals surface area contributed by atoms with E-state index < -0.39 is 0 Å². The maximum Gasteiger partial charge on any atom is 0.308 e. The average molecular weight is 299 g/mol. The molecule has 1 aliphatic heterocycles. The lowest BCUT2D eigenvalue weighted by molar-refractivity contribution is -0.146. The van der Waals surface area contributed by atoms with Gasteiger partial charge >= 0.3 is 5.97 Å². The highest BCUT2D eigenvalue weighted by Crippen LogP contribution is 2.18. The summed E-state index contributed by atoms with van der Waals surface area (Å²) in [6.45, 7) is 6.21. The Morgan fingerprint density at radius 1 is 1.33 bits per heavy atom. The molecule has 1 fully saturated rings. The van der Waals surface area contributed by atoms with E-state index in [-0.39, 0.29) is 11.9 Å². The molecule has 0 unspecified atom stereocenters. The van der Waals surface area contributed by atoms with Gasteiger partial charge in [0, 0.05) is 39.9 Å².